The molecule has 3 amide bonds. The normalized spacial score (nSPS) is 26.7. The van der Waals surface area contributed by atoms with Crippen molar-refractivity contribution in [3.05, 3.63) is 0 Å². The largest absolute Gasteiger partial charge is 0.355 e. The molecule has 0 bridgehead atoms. The zero-order valence-electron chi connectivity index (χ0n) is 13.5. The van der Waals surface area contributed by atoms with E-state index in [-0.39, 0.29) is 18.0 Å². The van der Waals surface area contributed by atoms with Crippen LogP contribution in [0.1, 0.15) is 39.5 Å². The minimum Gasteiger partial charge on any atom is -0.355 e. The van der Waals surface area contributed by atoms with Crippen molar-refractivity contribution in [2.75, 3.05) is 18.8 Å². The van der Waals surface area contributed by atoms with Crippen LogP contribution in [-0.2, 0) is 4.79 Å². The van der Waals surface area contributed by atoms with Crippen LogP contribution in [0.3, 0.4) is 0 Å². The van der Waals surface area contributed by atoms with E-state index in [1.165, 1.54) is 0 Å². The number of nitrogens with one attached hydrogen (secondary N) is 4. The molecule has 6 nitrogen and oxygen atoms in total. The average molecular weight is 328 g/mol. The molecule has 0 aromatic heterocycles. The second-order valence-corrected chi connectivity index (χ2v) is 7.60. The van der Waals surface area contributed by atoms with Gasteiger partial charge >= 0.3 is 6.03 Å². The first kappa shape index (κ1) is 17.4. The lowest BCUT2D eigenvalue weighted by Crippen LogP contribution is -2.36. The lowest BCUT2D eigenvalue weighted by Gasteiger charge is -2.16. The number of rotatable bonds is 9. The number of carbonyl (C=O) groups is 2. The maximum atomic E-state index is 11.7. The Bertz CT molecular complexity index is 392. The highest BCUT2D eigenvalue weighted by Crippen LogP contribution is 2.33. The minimum atomic E-state index is -0.0327. The Morgan fingerprint density at radius 2 is 2.14 bits per heavy atom. The first-order valence-electron chi connectivity index (χ1n) is 8.25. The Morgan fingerprint density at radius 1 is 1.32 bits per heavy atom. The summed E-state index contributed by atoms with van der Waals surface area (Å²) in [5.74, 6) is 1.13. The average Bonchev–Trinajstić information content (AvgIpc) is 2.99. The number of amides is 3. The number of unbranched alkanes of at least 4 members (excludes halogenated alkanes) is 1. The molecule has 7 heteroatoms. The lowest BCUT2D eigenvalue weighted by atomic mass is 10.0. The monoisotopic (exact) mass is 328 g/mol. The standard InChI is InChI=1S/C15H28N4O2S/c1-10(2)16-7-8-17-13(20)6-4-3-5-12-14-11(9-22-12)18-15(21)19-14/h10-12,14,16H,3-9H2,1-2H3,(H,17,20)(H2,18,19,21)/t11-,12-,14-/m0/s1. The quantitative estimate of drug-likeness (QED) is 0.373. The van der Waals surface area contributed by atoms with E-state index in [4.69, 9.17) is 0 Å². The van der Waals surface area contributed by atoms with Gasteiger partial charge in [0.1, 0.15) is 0 Å². The molecule has 0 aromatic carbocycles. The van der Waals surface area contributed by atoms with Crippen molar-refractivity contribution < 1.29 is 9.59 Å². The molecular weight excluding hydrogens is 300 g/mol. The third-order valence-corrected chi connectivity index (χ3v) is 5.59. The molecular formula is C15H28N4O2S. The zero-order valence-corrected chi connectivity index (χ0v) is 14.3. The highest BCUT2D eigenvalue weighted by molar-refractivity contribution is 8.00. The number of thioether (sulfide) groups is 1. The summed E-state index contributed by atoms with van der Waals surface area (Å²) < 4.78 is 0. The van der Waals surface area contributed by atoms with E-state index in [1.807, 2.05) is 11.8 Å². The van der Waals surface area contributed by atoms with Crippen molar-refractivity contribution in [2.24, 2.45) is 0 Å². The van der Waals surface area contributed by atoms with Crippen molar-refractivity contribution in [2.45, 2.75) is 62.9 Å². The molecule has 0 aromatic rings. The predicted octanol–water partition coefficient (Wildman–Crippen LogP) is 0.826. The van der Waals surface area contributed by atoms with Gasteiger partial charge in [0.15, 0.2) is 0 Å². The molecule has 2 saturated heterocycles. The summed E-state index contributed by atoms with van der Waals surface area (Å²) in [5, 5.41) is 12.6. The van der Waals surface area contributed by atoms with E-state index in [2.05, 4.69) is 35.1 Å². The summed E-state index contributed by atoms with van der Waals surface area (Å²) >= 11 is 1.93. The second kappa shape index (κ2) is 8.62. The lowest BCUT2D eigenvalue weighted by molar-refractivity contribution is -0.121. The summed E-state index contributed by atoms with van der Waals surface area (Å²) in [4.78, 5) is 23.0. The summed E-state index contributed by atoms with van der Waals surface area (Å²) in [6.07, 6.45) is 3.61. The highest BCUT2D eigenvalue weighted by atomic mass is 32.2. The molecule has 2 rings (SSSR count). The first-order chi connectivity index (χ1) is 10.6. The molecule has 0 spiro atoms. The van der Waals surface area contributed by atoms with Crippen LogP contribution in [0.4, 0.5) is 4.79 Å². The van der Waals surface area contributed by atoms with Crippen molar-refractivity contribution in [3.63, 3.8) is 0 Å². The number of hydrogen-bond donors (Lipinski definition) is 4. The second-order valence-electron chi connectivity index (χ2n) is 6.33. The van der Waals surface area contributed by atoms with E-state index in [0.717, 1.165) is 31.6 Å². The van der Waals surface area contributed by atoms with E-state index in [1.54, 1.807) is 0 Å². The molecule has 2 aliphatic rings. The maximum Gasteiger partial charge on any atom is 0.315 e. The van der Waals surface area contributed by atoms with Crippen LogP contribution in [0.25, 0.3) is 0 Å². The Morgan fingerprint density at radius 3 is 2.91 bits per heavy atom. The molecule has 0 unspecified atom stereocenters. The molecule has 126 valence electrons. The molecule has 3 atom stereocenters. The molecule has 2 fully saturated rings. The van der Waals surface area contributed by atoms with E-state index < -0.39 is 0 Å². The molecule has 2 heterocycles. The summed E-state index contributed by atoms with van der Waals surface area (Å²) in [6, 6.07) is 0.984. The zero-order chi connectivity index (χ0) is 15.9. The van der Waals surface area contributed by atoms with Crippen LogP contribution in [-0.4, -0.2) is 54.2 Å². The topological polar surface area (TPSA) is 82.3 Å². The van der Waals surface area contributed by atoms with Crippen molar-refractivity contribution in [3.8, 4) is 0 Å². The Kier molecular flexibility index (Phi) is 6.82. The van der Waals surface area contributed by atoms with Gasteiger partial charge in [-0.05, 0) is 12.8 Å². The molecule has 0 saturated carbocycles. The van der Waals surface area contributed by atoms with Gasteiger partial charge in [-0.2, -0.15) is 11.8 Å². The molecule has 0 aliphatic carbocycles. The number of fused-ring (bicyclic) bond motifs is 1. The van der Waals surface area contributed by atoms with Gasteiger partial charge in [-0.15, -0.1) is 0 Å². The van der Waals surface area contributed by atoms with Crippen LogP contribution in [0.2, 0.25) is 0 Å². The fraction of sp³-hybridized carbons (Fsp3) is 0.867. The Balaban J connectivity index is 1.50. The summed E-state index contributed by atoms with van der Waals surface area (Å²) in [7, 11) is 0. The van der Waals surface area contributed by atoms with Gasteiger partial charge in [0, 0.05) is 36.6 Å². The van der Waals surface area contributed by atoms with Gasteiger partial charge in [0.25, 0.3) is 0 Å². The smallest absolute Gasteiger partial charge is 0.315 e. The number of carbonyl (C=O) groups excluding carboxylic acids is 2. The fourth-order valence-corrected chi connectivity index (χ4v) is 4.47. The number of urea groups is 1. The van der Waals surface area contributed by atoms with E-state index in [0.29, 0.717) is 30.3 Å². The molecule has 4 N–H and O–H groups in total. The first-order valence-corrected chi connectivity index (χ1v) is 9.30. The Labute approximate surface area is 136 Å². The van der Waals surface area contributed by atoms with Crippen LogP contribution in [0.5, 0.6) is 0 Å². The van der Waals surface area contributed by atoms with Crippen LogP contribution >= 0.6 is 11.8 Å². The van der Waals surface area contributed by atoms with Gasteiger partial charge in [-0.25, -0.2) is 4.79 Å². The van der Waals surface area contributed by atoms with Gasteiger partial charge in [0.05, 0.1) is 12.1 Å². The van der Waals surface area contributed by atoms with Crippen LogP contribution in [0.15, 0.2) is 0 Å². The molecule has 0 radical (unpaired) electrons. The SMILES string of the molecule is CC(C)NCCNC(=O)CCCC[C@@H]1SC[C@@H]2NC(=O)N[C@@H]21. The fourth-order valence-electron chi connectivity index (χ4n) is 2.93. The van der Waals surface area contributed by atoms with Gasteiger partial charge in [0.2, 0.25) is 5.91 Å². The highest BCUT2D eigenvalue weighted by Gasteiger charge is 2.42. The van der Waals surface area contributed by atoms with Gasteiger partial charge < -0.3 is 21.3 Å². The van der Waals surface area contributed by atoms with Crippen molar-refractivity contribution in [1.29, 1.82) is 0 Å². The molecule has 2 aliphatic heterocycles. The number of hydrogen-bond acceptors (Lipinski definition) is 4. The summed E-state index contributed by atoms with van der Waals surface area (Å²) in [6.45, 7) is 5.69. The molecule has 22 heavy (non-hydrogen) atoms. The Hall–Kier alpha value is -0.950. The maximum absolute atomic E-state index is 11.7. The van der Waals surface area contributed by atoms with E-state index in [9.17, 15) is 9.59 Å². The van der Waals surface area contributed by atoms with Crippen molar-refractivity contribution in [1.82, 2.24) is 21.3 Å². The summed E-state index contributed by atoms with van der Waals surface area (Å²) in [5.41, 5.74) is 0. The van der Waals surface area contributed by atoms with Gasteiger partial charge in [-0.1, -0.05) is 20.3 Å². The predicted molar refractivity (Wildman–Crippen MR) is 90.1 cm³/mol. The van der Waals surface area contributed by atoms with Crippen molar-refractivity contribution >= 4 is 23.7 Å². The van der Waals surface area contributed by atoms with Gasteiger partial charge in [-0.3, -0.25) is 4.79 Å². The van der Waals surface area contributed by atoms with Crippen LogP contribution in [0, 0.1) is 0 Å². The third kappa shape index (κ3) is 5.35. The third-order valence-electron chi connectivity index (χ3n) is 4.08. The van der Waals surface area contributed by atoms with E-state index >= 15 is 0 Å². The minimum absolute atomic E-state index is 0.0327. The van der Waals surface area contributed by atoms with Crippen LogP contribution < -0.4 is 21.3 Å².